The maximum Gasteiger partial charge on any atom is 0.295 e. The van der Waals surface area contributed by atoms with E-state index < -0.39 is 17.7 Å². The minimum atomic E-state index is -0.868. The van der Waals surface area contributed by atoms with Crippen molar-refractivity contribution in [1.82, 2.24) is 4.90 Å². The van der Waals surface area contributed by atoms with Crippen LogP contribution >= 0.6 is 23.2 Å². The fraction of sp³-hybridized carbons (Fsp3) is 0.273. The third-order valence-electron chi connectivity index (χ3n) is 5.00. The van der Waals surface area contributed by atoms with Crippen LogP contribution in [0.2, 0.25) is 10.0 Å². The van der Waals surface area contributed by atoms with Crippen LogP contribution in [0, 0.1) is 6.92 Å². The molecular weight excluding hydrogens is 429 g/mol. The maximum absolute atomic E-state index is 12.9. The third-order valence-corrected chi connectivity index (χ3v) is 5.56. The predicted molar refractivity (Wildman–Crippen MR) is 115 cm³/mol. The summed E-state index contributed by atoms with van der Waals surface area (Å²) in [5, 5.41) is 11.8. The number of carbonyl (C=O) groups excluding carboxylic acids is 2. The first-order valence-electron chi connectivity index (χ1n) is 9.17. The molecule has 1 atom stereocenters. The van der Waals surface area contributed by atoms with Crippen LogP contribution in [0.1, 0.15) is 22.7 Å². The molecule has 0 saturated carbocycles. The molecule has 0 aromatic heterocycles. The quantitative estimate of drug-likeness (QED) is 0.402. The van der Waals surface area contributed by atoms with Crippen molar-refractivity contribution in [2.24, 2.45) is 0 Å². The largest absolute Gasteiger partial charge is 0.507 e. The van der Waals surface area contributed by atoms with Crippen molar-refractivity contribution < 1.29 is 24.2 Å². The third kappa shape index (κ3) is 4.03. The molecular formula is C22H21Cl2NO5. The van der Waals surface area contributed by atoms with Gasteiger partial charge in [0.15, 0.2) is 0 Å². The topological polar surface area (TPSA) is 76.1 Å². The van der Waals surface area contributed by atoms with E-state index in [1.54, 1.807) is 37.4 Å². The lowest BCUT2D eigenvalue weighted by atomic mass is 9.94. The maximum atomic E-state index is 12.9. The highest BCUT2D eigenvalue weighted by Gasteiger charge is 2.46. The highest BCUT2D eigenvalue weighted by atomic mass is 35.5. The smallest absolute Gasteiger partial charge is 0.295 e. The summed E-state index contributed by atoms with van der Waals surface area (Å²) in [6, 6.07) is 8.95. The number of benzene rings is 2. The van der Waals surface area contributed by atoms with Crippen LogP contribution in [0.4, 0.5) is 0 Å². The van der Waals surface area contributed by atoms with Crippen molar-refractivity contribution in [1.29, 1.82) is 0 Å². The summed E-state index contributed by atoms with van der Waals surface area (Å²) >= 11 is 12.4. The van der Waals surface area contributed by atoms with Gasteiger partial charge in [0.25, 0.3) is 11.7 Å². The summed E-state index contributed by atoms with van der Waals surface area (Å²) < 4.78 is 10.3. The molecule has 1 fully saturated rings. The molecule has 0 radical (unpaired) electrons. The molecule has 2 aromatic rings. The van der Waals surface area contributed by atoms with Gasteiger partial charge < -0.3 is 19.5 Å². The van der Waals surface area contributed by atoms with Crippen molar-refractivity contribution >= 4 is 40.7 Å². The number of rotatable bonds is 6. The van der Waals surface area contributed by atoms with Gasteiger partial charge in [-0.2, -0.15) is 0 Å². The van der Waals surface area contributed by atoms with E-state index in [4.69, 9.17) is 32.7 Å². The van der Waals surface area contributed by atoms with Crippen molar-refractivity contribution in [3.63, 3.8) is 0 Å². The molecule has 1 saturated heterocycles. The van der Waals surface area contributed by atoms with E-state index in [1.807, 2.05) is 6.92 Å². The Bertz CT molecular complexity index is 1030. The first-order chi connectivity index (χ1) is 14.3. The van der Waals surface area contributed by atoms with Gasteiger partial charge in [0.05, 0.1) is 25.3 Å². The molecule has 1 heterocycles. The van der Waals surface area contributed by atoms with Crippen LogP contribution < -0.4 is 4.74 Å². The average molecular weight is 450 g/mol. The number of ketones is 1. The van der Waals surface area contributed by atoms with Crippen LogP contribution in [-0.2, 0) is 14.3 Å². The van der Waals surface area contributed by atoms with Gasteiger partial charge >= 0.3 is 0 Å². The Morgan fingerprint density at radius 1 is 1.13 bits per heavy atom. The minimum Gasteiger partial charge on any atom is -0.507 e. The minimum absolute atomic E-state index is 0.0371. The Morgan fingerprint density at radius 3 is 2.47 bits per heavy atom. The number of ether oxygens (including phenoxy) is 2. The molecule has 3 rings (SSSR count). The number of aliphatic hydroxyl groups is 1. The Balaban J connectivity index is 2.20. The molecule has 8 heteroatoms. The van der Waals surface area contributed by atoms with Gasteiger partial charge in [-0.05, 0) is 48.4 Å². The van der Waals surface area contributed by atoms with Crippen LogP contribution in [0.3, 0.4) is 0 Å². The number of aliphatic hydroxyl groups excluding tert-OH is 1. The second kappa shape index (κ2) is 9.08. The van der Waals surface area contributed by atoms with Crippen molar-refractivity contribution in [2.45, 2.75) is 13.0 Å². The summed E-state index contributed by atoms with van der Waals surface area (Å²) in [5.74, 6) is -1.15. The highest BCUT2D eigenvalue weighted by Crippen LogP contribution is 2.42. The van der Waals surface area contributed by atoms with E-state index in [2.05, 4.69) is 0 Å². The number of hydrogen-bond donors (Lipinski definition) is 1. The van der Waals surface area contributed by atoms with E-state index in [0.29, 0.717) is 21.9 Å². The lowest BCUT2D eigenvalue weighted by molar-refractivity contribution is -0.140. The normalized spacial score (nSPS) is 18.2. The van der Waals surface area contributed by atoms with Crippen molar-refractivity contribution in [2.75, 3.05) is 27.4 Å². The van der Waals surface area contributed by atoms with Crippen LogP contribution in [0.25, 0.3) is 5.76 Å². The molecule has 0 aliphatic carbocycles. The monoisotopic (exact) mass is 449 g/mol. The van der Waals surface area contributed by atoms with E-state index in [1.165, 1.54) is 18.1 Å². The van der Waals surface area contributed by atoms with Crippen molar-refractivity contribution in [3.8, 4) is 5.75 Å². The Hall–Kier alpha value is -2.54. The van der Waals surface area contributed by atoms with Gasteiger partial charge in [-0.3, -0.25) is 9.59 Å². The predicted octanol–water partition coefficient (Wildman–Crippen LogP) is 4.38. The van der Waals surface area contributed by atoms with Gasteiger partial charge in [0.1, 0.15) is 11.5 Å². The molecule has 158 valence electrons. The molecule has 2 aromatic carbocycles. The van der Waals surface area contributed by atoms with Gasteiger partial charge in [-0.1, -0.05) is 29.3 Å². The Morgan fingerprint density at radius 2 is 1.87 bits per heavy atom. The number of aryl methyl sites for hydroxylation is 1. The Labute approximate surface area is 184 Å². The number of halogens is 2. The van der Waals surface area contributed by atoms with Gasteiger partial charge in [0.2, 0.25) is 0 Å². The molecule has 1 aliphatic heterocycles. The number of methoxy groups -OCH3 is 2. The SMILES string of the molecule is COCCN1C(=O)C(=O)/C(=C(/O)c2ccc(OC)c(C)c2)C1c1ccc(Cl)cc1Cl. The first-order valence-corrected chi connectivity index (χ1v) is 9.93. The lowest BCUT2D eigenvalue weighted by Gasteiger charge is -2.26. The summed E-state index contributed by atoms with van der Waals surface area (Å²) in [7, 11) is 3.05. The second-order valence-corrected chi connectivity index (χ2v) is 7.68. The van der Waals surface area contributed by atoms with E-state index >= 15 is 0 Å². The fourth-order valence-corrected chi connectivity index (χ4v) is 4.04. The van der Waals surface area contributed by atoms with Crippen molar-refractivity contribution in [3.05, 3.63) is 68.7 Å². The number of nitrogens with zero attached hydrogens (tertiary/aromatic N) is 1. The first kappa shape index (κ1) is 22.2. The van der Waals surface area contributed by atoms with E-state index in [-0.39, 0.29) is 29.5 Å². The molecule has 30 heavy (non-hydrogen) atoms. The fourth-order valence-electron chi connectivity index (χ4n) is 3.53. The van der Waals surface area contributed by atoms with E-state index in [0.717, 1.165) is 5.56 Å². The Kier molecular flexibility index (Phi) is 6.71. The van der Waals surface area contributed by atoms with Gasteiger partial charge in [-0.15, -0.1) is 0 Å². The zero-order valence-electron chi connectivity index (χ0n) is 16.7. The summed E-state index contributed by atoms with van der Waals surface area (Å²) in [6.07, 6.45) is 0. The number of amides is 1. The lowest BCUT2D eigenvalue weighted by Crippen LogP contribution is -2.32. The van der Waals surface area contributed by atoms with E-state index in [9.17, 15) is 14.7 Å². The van der Waals surface area contributed by atoms with Crippen LogP contribution in [-0.4, -0.2) is 49.1 Å². The molecule has 1 aliphatic rings. The zero-order valence-corrected chi connectivity index (χ0v) is 18.3. The van der Waals surface area contributed by atoms with Crippen LogP contribution in [0.5, 0.6) is 5.75 Å². The number of hydrogen-bond acceptors (Lipinski definition) is 5. The van der Waals surface area contributed by atoms with Gasteiger partial charge in [0, 0.05) is 29.3 Å². The number of Topliss-reactive ketones (excluding diaryl/α,β-unsaturated/α-hetero) is 1. The molecule has 0 spiro atoms. The number of likely N-dealkylation sites (tertiary alicyclic amines) is 1. The summed E-state index contributed by atoms with van der Waals surface area (Å²) in [6.45, 7) is 2.19. The zero-order chi connectivity index (χ0) is 22.0. The molecule has 1 unspecified atom stereocenters. The number of carbonyl (C=O) groups is 2. The molecule has 6 nitrogen and oxygen atoms in total. The summed E-state index contributed by atoms with van der Waals surface area (Å²) in [5.41, 5.74) is 1.62. The molecule has 1 N–H and O–H groups in total. The standard InChI is InChI=1S/C22H21Cl2NO5/c1-12-10-13(4-7-17(12)30-3)20(26)18-19(15-6-5-14(23)11-16(15)24)25(8-9-29-2)22(28)21(18)27/h4-7,10-11,19,26H,8-9H2,1-3H3/b20-18+. The average Bonchev–Trinajstić information content (AvgIpc) is 2.96. The molecule has 1 amide bonds. The summed E-state index contributed by atoms with van der Waals surface area (Å²) in [4.78, 5) is 27.0. The molecule has 0 bridgehead atoms. The van der Waals surface area contributed by atoms with Crippen LogP contribution in [0.15, 0.2) is 42.0 Å². The second-order valence-electron chi connectivity index (χ2n) is 6.84. The highest BCUT2D eigenvalue weighted by molar-refractivity contribution is 6.47. The van der Waals surface area contributed by atoms with Gasteiger partial charge in [-0.25, -0.2) is 0 Å².